The fourth-order valence-corrected chi connectivity index (χ4v) is 3.96. The molecule has 1 atom stereocenters. The lowest BCUT2D eigenvalue weighted by Gasteiger charge is -2.15. The first kappa shape index (κ1) is 15.9. The molecule has 0 bridgehead atoms. The second-order valence-corrected chi connectivity index (χ2v) is 6.71. The molecule has 3 nitrogen and oxygen atoms in total. The Hall–Kier alpha value is -1.96. The van der Waals surface area contributed by atoms with Crippen LogP contribution in [0, 0.1) is 11.3 Å². The number of hydrogen-bond acceptors (Lipinski definition) is 4. The van der Waals surface area contributed by atoms with Crippen LogP contribution in [0.2, 0.25) is 0 Å². The van der Waals surface area contributed by atoms with Crippen molar-refractivity contribution >= 4 is 11.8 Å². The minimum Gasteiger partial charge on any atom is -0.508 e. The van der Waals surface area contributed by atoms with Crippen LogP contribution in [0.5, 0.6) is 5.75 Å². The van der Waals surface area contributed by atoms with Crippen molar-refractivity contribution in [1.29, 1.82) is 5.26 Å². The molecule has 4 heteroatoms. The van der Waals surface area contributed by atoms with E-state index in [0.29, 0.717) is 11.5 Å². The Kier molecular flexibility index (Phi) is 4.90. The highest BCUT2D eigenvalue weighted by molar-refractivity contribution is 7.98. The zero-order chi connectivity index (χ0) is 16.2. The maximum Gasteiger partial charge on any atom is 0.120 e. The van der Waals surface area contributed by atoms with Crippen molar-refractivity contribution in [1.82, 2.24) is 5.32 Å². The van der Waals surface area contributed by atoms with Gasteiger partial charge in [-0.15, -0.1) is 11.8 Å². The number of rotatable bonds is 5. The third-order valence-electron chi connectivity index (χ3n) is 4.44. The quantitative estimate of drug-likeness (QED) is 0.821. The first-order chi connectivity index (χ1) is 11.2. The van der Waals surface area contributed by atoms with Crippen molar-refractivity contribution in [3.63, 3.8) is 0 Å². The standard InChI is InChI=1S/C19H20N2OS/c1-23-18-5-3-2-4-15(18)11-21-12-16-7-6-14-8-13(10-20)9-17(22)19(14)16/h2-5,8-9,16,21-22H,6-7,11-12H2,1H3/t16-/m0/s1. The van der Waals surface area contributed by atoms with Crippen molar-refractivity contribution in [2.24, 2.45) is 0 Å². The fourth-order valence-electron chi connectivity index (χ4n) is 3.35. The Balaban J connectivity index is 1.67. The molecule has 1 aliphatic carbocycles. The van der Waals surface area contributed by atoms with Crippen molar-refractivity contribution in [2.75, 3.05) is 12.8 Å². The second kappa shape index (κ2) is 7.08. The molecule has 118 valence electrons. The Labute approximate surface area is 141 Å². The van der Waals surface area contributed by atoms with Crippen molar-refractivity contribution in [3.8, 4) is 11.8 Å². The third-order valence-corrected chi connectivity index (χ3v) is 5.28. The Bertz CT molecular complexity index is 752. The van der Waals surface area contributed by atoms with Gasteiger partial charge in [0.1, 0.15) is 5.75 Å². The minimum atomic E-state index is 0.271. The third kappa shape index (κ3) is 3.36. The predicted molar refractivity (Wildman–Crippen MR) is 93.8 cm³/mol. The maximum atomic E-state index is 10.2. The Morgan fingerprint density at radius 1 is 1.35 bits per heavy atom. The molecule has 0 aliphatic heterocycles. The number of aromatic hydroxyl groups is 1. The molecule has 0 radical (unpaired) electrons. The highest BCUT2D eigenvalue weighted by Gasteiger charge is 2.26. The number of thioether (sulfide) groups is 1. The molecule has 0 saturated carbocycles. The second-order valence-electron chi connectivity index (χ2n) is 5.86. The molecule has 0 fully saturated rings. The van der Waals surface area contributed by atoms with E-state index in [4.69, 9.17) is 5.26 Å². The summed E-state index contributed by atoms with van der Waals surface area (Å²) in [5.41, 5.74) is 4.00. The van der Waals surface area contributed by atoms with Crippen LogP contribution in [0.25, 0.3) is 0 Å². The monoisotopic (exact) mass is 324 g/mol. The van der Waals surface area contributed by atoms with E-state index >= 15 is 0 Å². The van der Waals surface area contributed by atoms with E-state index in [-0.39, 0.29) is 5.75 Å². The first-order valence-electron chi connectivity index (χ1n) is 7.81. The molecule has 0 heterocycles. The molecule has 0 unspecified atom stereocenters. The lowest BCUT2D eigenvalue weighted by Crippen LogP contribution is -2.20. The van der Waals surface area contributed by atoms with Gasteiger partial charge in [0.15, 0.2) is 0 Å². The summed E-state index contributed by atoms with van der Waals surface area (Å²) < 4.78 is 0. The number of aryl methyl sites for hydroxylation is 1. The van der Waals surface area contributed by atoms with Crippen LogP contribution >= 0.6 is 11.8 Å². The molecule has 3 rings (SSSR count). The van der Waals surface area contributed by atoms with Crippen molar-refractivity contribution < 1.29 is 5.11 Å². The van der Waals surface area contributed by atoms with Gasteiger partial charge in [-0.3, -0.25) is 0 Å². The van der Waals surface area contributed by atoms with Gasteiger partial charge in [-0.2, -0.15) is 5.26 Å². The molecule has 2 aromatic carbocycles. The largest absolute Gasteiger partial charge is 0.508 e. The average molecular weight is 324 g/mol. The van der Waals surface area contributed by atoms with Gasteiger partial charge in [0.2, 0.25) is 0 Å². The fraction of sp³-hybridized carbons (Fsp3) is 0.316. The summed E-state index contributed by atoms with van der Waals surface area (Å²) in [6.07, 6.45) is 4.05. The van der Waals surface area contributed by atoms with Crippen molar-refractivity contribution in [2.45, 2.75) is 30.2 Å². The SMILES string of the molecule is CSc1ccccc1CNC[C@@H]1CCc2cc(C#N)cc(O)c21. The summed E-state index contributed by atoms with van der Waals surface area (Å²) in [7, 11) is 0. The molecular weight excluding hydrogens is 304 g/mol. The van der Waals surface area contributed by atoms with E-state index in [1.54, 1.807) is 17.8 Å². The van der Waals surface area contributed by atoms with Gasteiger partial charge in [0.05, 0.1) is 11.6 Å². The van der Waals surface area contributed by atoms with E-state index in [1.807, 2.05) is 6.07 Å². The summed E-state index contributed by atoms with van der Waals surface area (Å²) >= 11 is 1.76. The summed E-state index contributed by atoms with van der Waals surface area (Å²) in [5.74, 6) is 0.590. The summed E-state index contributed by atoms with van der Waals surface area (Å²) in [4.78, 5) is 1.30. The molecule has 0 spiro atoms. The normalized spacial score (nSPS) is 16.1. The van der Waals surface area contributed by atoms with E-state index < -0.39 is 0 Å². The number of nitrogens with zero attached hydrogens (tertiary/aromatic N) is 1. The number of hydrogen-bond donors (Lipinski definition) is 2. The van der Waals surface area contributed by atoms with Crippen LogP contribution in [0.3, 0.4) is 0 Å². The van der Waals surface area contributed by atoms with Gasteiger partial charge in [-0.1, -0.05) is 18.2 Å². The average Bonchev–Trinajstić information content (AvgIpc) is 2.99. The van der Waals surface area contributed by atoms with Crippen LogP contribution in [-0.4, -0.2) is 17.9 Å². The predicted octanol–water partition coefficient (Wildman–Crippen LogP) is 3.81. The van der Waals surface area contributed by atoms with Gasteiger partial charge in [0, 0.05) is 29.5 Å². The Morgan fingerprint density at radius 3 is 2.96 bits per heavy atom. The first-order valence-corrected chi connectivity index (χ1v) is 9.04. The lowest BCUT2D eigenvalue weighted by molar-refractivity contribution is 0.458. The minimum absolute atomic E-state index is 0.271. The number of benzene rings is 2. The zero-order valence-corrected chi connectivity index (χ0v) is 14.0. The molecule has 23 heavy (non-hydrogen) atoms. The summed E-state index contributed by atoms with van der Waals surface area (Å²) in [6, 6.07) is 14.0. The number of phenols is 1. The molecule has 1 aliphatic rings. The number of nitriles is 1. The number of nitrogens with one attached hydrogen (secondary N) is 1. The van der Waals surface area contributed by atoms with Gasteiger partial charge in [-0.25, -0.2) is 0 Å². The smallest absolute Gasteiger partial charge is 0.120 e. The van der Waals surface area contributed by atoms with E-state index in [0.717, 1.165) is 37.1 Å². The number of phenolic OH excluding ortho intramolecular Hbond substituents is 1. The van der Waals surface area contributed by atoms with Crippen LogP contribution in [0.4, 0.5) is 0 Å². The topological polar surface area (TPSA) is 56.0 Å². The summed E-state index contributed by atoms with van der Waals surface area (Å²) in [5, 5.41) is 22.8. The van der Waals surface area contributed by atoms with E-state index in [1.165, 1.54) is 10.5 Å². The Morgan fingerprint density at radius 2 is 2.17 bits per heavy atom. The zero-order valence-electron chi connectivity index (χ0n) is 13.2. The van der Waals surface area contributed by atoms with Crippen LogP contribution in [0.15, 0.2) is 41.3 Å². The van der Waals surface area contributed by atoms with Gasteiger partial charge >= 0.3 is 0 Å². The molecule has 0 saturated heterocycles. The highest BCUT2D eigenvalue weighted by Crippen LogP contribution is 2.39. The van der Waals surface area contributed by atoms with Crippen LogP contribution in [0.1, 0.15) is 34.6 Å². The molecule has 0 amide bonds. The highest BCUT2D eigenvalue weighted by atomic mass is 32.2. The lowest BCUT2D eigenvalue weighted by atomic mass is 9.98. The van der Waals surface area contributed by atoms with Crippen LogP contribution in [-0.2, 0) is 13.0 Å². The van der Waals surface area contributed by atoms with Crippen LogP contribution < -0.4 is 5.32 Å². The van der Waals surface area contributed by atoms with Gasteiger partial charge in [-0.05, 0) is 48.4 Å². The molecule has 2 aromatic rings. The molecule has 2 N–H and O–H groups in total. The molecular formula is C19H20N2OS. The van der Waals surface area contributed by atoms with Crippen molar-refractivity contribution in [3.05, 3.63) is 58.7 Å². The maximum absolute atomic E-state index is 10.2. The number of fused-ring (bicyclic) bond motifs is 1. The van der Waals surface area contributed by atoms with Gasteiger partial charge in [0.25, 0.3) is 0 Å². The van der Waals surface area contributed by atoms with E-state index in [9.17, 15) is 5.11 Å². The summed E-state index contributed by atoms with van der Waals surface area (Å²) in [6.45, 7) is 1.68. The van der Waals surface area contributed by atoms with Gasteiger partial charge < -0.3 is 10.4 Å². The molecule has 0 aromatic heterocycles. The van der Waals surface area contributed by atoms with E-state index in [2.05, 4.69) is 41.9 Å².